The van der Waals surface area contributed by atoms with Crippen LogP contribution in [0.15, 0.2) is 52.1 Å². The summed E-state index contributed by atoms with van der Waals surface area (Å²) in [7, 11) is 0. The van der Waals surface area contributed by atoms with Crippen molar-refractivity contribution in [3.63, 3.8) is 0 Å². The van der Waals surface area contributed by atoms with Crippen molar-refractivity contribution >= 4 is 55.0 Å². The monoisotopic (exact) mass is 339 g/mol. The third kappa shape index (κ3) is 3.60. The highest BCUT2D eigenvalue weighted by atomic mass is 79.9. The quantitative estimate of drug-likeness (QED) is 0.606. The number of carbonyl (C=O) groups is 1. The molecule has 5 heteroatoms. The van der Waals surface area contributed by atoms with Crippen LogP contribution in [0.1, 0.15) is 5.56 Å². The largest absolute Gasteiger partial charge is 0.279 e. The maximum absolute atomic E-state index is 11.8. The second-order valence-electron chi connectivity index (χ2n) is 3.45. The Morgan fingerprint density at radius 2 is 2.11 bits per heavy atom. The normalized spacial score (nSPS) is 17.1. The second-order valence-corrected chi connectivity index (χ2v) is 6.59. The Morgan fingerprint density at radius 1 is 1.39 bits per heavy atom. The van der Waals surface area contributed by atoms with Crippen LogP contribution >= 0.6 is 39.5 Å². The first kappa shape index (κ1) is 13.6. The van der Waals surface area contributed by atoms with E-state index in [1.807, 2.05) is 30.3 Å². The molecule has 0 spiro atoms. The number of hydrogen-bond acceptors (Lipinski definition) is 4. The van der Waals surface area contributed by atoms with Gasteiger partial charge in [0.2, 0.25) is 5.12 Å². The number of nitrogens with zero attached hydrogens (tertiary/aromatic N) is 1. The summed E-state index contributed by atoms with van der Waals surface area (Å²) < 4.78 is 1.81. The molecule has 2 rings (SSSR count). The van der Waals surface area contributed by atoms with Crippen LogP contribution in [0.3, 0.4) is 0 Å². The van der Waals surface area contributed by atoms with Crippen LogP contribution in [0, 0.1) is 0 Å². The smallest absolute Gasteiger partial charge is 0.244 e. The number of benzene rings is 1. The number of halogens is 1. The highest BCUT2D eigenvalue weighted by Crippen LogP contribution is 2.31. The summed E-state index contributed by atoms with van der Waals surface area (Å²) in [4.78, 5) is 16.1. The van der Waals surface area contributed by atoms with Crippen molar-refractivity contribution in [2.24, 2.45) is 4.99 Å². The van der Waals surface area contributed by atoms with Crippen LogP contribution in [0.5, 0.6) is 0 Å². The van der Waals surface area contributed by atoms with E-state index in [1.54, 1.807) is 6.08 Å². The molecule has 18 heavy (non-hydrogen) atoms. The van der Waals surface area contributed by atoms with Gasteiger partial charge in [-0.3, -0.25) is 4.79 Å². The first-order valence-corrected chi connectivity index (χ1v) is 7.80. The van der Waals surface area contributed by atoms with Gasteiger partial charge in [-0.2, -0.15) is 0 Å². The molecule has 0 unspecified atom stereocenters. The van der Waals surface area contributed by atoms with Crippen molar-refractivity contribution in [3.8, 4) is 0 Å². The van der Waals surface area contributed by atoms with Gasteiger partial charge in [0.15, 0.2) is 0 Å². The van der Waals surface area contributed by atoms with Crippen molar-refractivity contribution in [1.82, 2.24) is 0 Å². The molecular formula is C13H10BrNOS2. The van der Waals surface area contributed by atoms with E-state index in [-0.39, 0.29) is 5.12 Å². The third-order valence-corrected chi connectivity index (χ3v) is 4.63. The highest BCUT2D eigenvalue weighted by molar-refractivity contribution is 9.10. The van der Waals surface area contributed by atoms with E-state index >= 15 is 0 Å². The molecule has 0 fully saturated rings. The van der Waals surface area contributed by atoms with Gasteiger partial charge in [-0.25, -0.2) is 4.99 Å². The molecule has 2 nitrogen and oxygen atoms in total. The highest BCUT2D eigenvalue weighted by Gasteiger charge is 2.21. The zero-order chi connectivity index (χ0) is 13.0. The summed E-state index contributed by atoms with van der Waals surface area (Å²) in [5, 5.41) is 0.00415. The lowest BCUT2D eigenvalue weighted by atomic mass is 10.2. The van der Waals surface area contributed by atoms with E-state index in [0.717, 1.165) is 20.2 Å². The fourth-order valence-electron chi connectivity index (χ4n) is 1.30. The fraction of sp³-hybridized carbons (Fsp3) is 0.0769. The number of rotatable bonds is 3. The maximum atomic E-state index is 11.8. The second kappa shape index (κ2) is 6.41. The summed E-state index contributed by atoms with van der Waals surface area (Å²) in [5.41, 5.74) is 1.48. The van der Waals surface area contributed by atoms with Gasteiger partial charge < -0.3 is 0 Å². The minimum atomic E-state index is 0.00415. The topological polar surface area (TPSA) is 29.4 Å². The molecule has 1 aliphatic heterocycles. The Morgan fingerprint density at radius 3 is 2.78 bits per heavy atom. The Balaban J connectivity index is 2.17. The number of carbonyl (C=O) groups excluding carboxylic acids is 1. The van der Waals surface area contributed by atoms with Gasteiger partial charge in [0.25, 0.3) is 0 Å². The van der Waals surface area contributed by atoms with E-state index in [2.05, 4.69) is 27.5 Å². The summed E-state index contributed by atoms with van der Waals surface area (Å²) in [6.07, 6.45) is 3.61. The molecule has 0 bridgehead atoms. The summed E-state index contributed by atoms with van der Waals surface area (Å²) in [5.74, 6) is 0.769. The molecule has 0 saturated carbocycles. The molecule has 1 heterocycles. The minimum absolute atomic E-state index is 0.00415. The molecule has 0 N–H and O–H groups in total. The molecule has 92 valence electrons. The lowest BCUT2D eigenvalue weighted by Crippen LogP contribution is -1.87. The molecular weight excluding hydrogens is 330 g/mol. The molecule has 1 aromatic carbocycles. The zero-order valence-corrected chi connectivity index (χ0v) is 12.6. The summed E-state index contributed by atoms with van der Waals surface area (Å²) in [6.45, 7) is 3.65. The SMILES string of the molecule is C=CCSC1=N/C(=C/c2ccc(Br)cc2)C(=O)S1. The minimum Gasteiger partial charge on any atom is -0.279 e. The molecule has 1 aliphatic rings. The number of thioether (sulfide) groups is 2. The summed E-state index contributed by atoms with van der Waals surface area (Å²) >= 11 is 6.09. The standard InChI is InChI=1S/C13H10BrNOS2/c1-2-7-17-13-15-11(12(16)18-13)8-9-3-5-10(14)6-4-9/h2-6,8H,1,7H2/b11-8+. The van der Waals surface area contributed by atoms with Gasteiger partial charge in [0.1, 0.15) is 10.1 Å². The fourth-order valence-corrected chi connectivity index (χ4v) is 3.16. The van der Waals surface area contributed by atoms with Gasteiger partial charge >= 0.3 is 0 Å². The van der Waals surface area contributed by atoms with Crippen molar-refractivity contribution in [2.75, 3.05) is 5.75 Å². The van der Waals surface area contributed by atoms with Crippen molar-refractivity contribution in [1.29, 1.82) is 0 Å². The maximum Gasteiger partial charge on any atom is 0.244 e. The van der Waals surface area contributed by atoms with Crippen LogP contribution in [-0.2, 0) is 4.79 Å². The van der Waals surface area contributed by atoms with Crippen molar-refractivity contribution < 1.29 is 4.79 Å². The predicted molar refractivity (Wildman–Crippen MR) is 84.8 cm³/mol. The average molecular weight is 340 g/mol. The van der Waals surface area contributed by atoms with E-state index in [0.29, 0.717) is 5.70 Å². The van der Waals surface area contributed by atoms with E-state index < -0.39 is 0 Å². The average Bonchev–Trinajstić information content (AvgIpc) is 2.70. The predicted octanol–water partition coefficient (Wildman–Crippen LogP) is 4.34. The van der Waals surface area contributed by atoms with Gasteiger partial charge in [-0.15, -0.1) is 6.58 Å². The van der Waals surface area contributed by atoms with Crippen LogP contribution in [0.2, 0.25) is 0 Å². The Kier molecular flexibility index (Phi) is 4.86. The molecule has 0 amide bonds. The summed E-state index contributed by atoms with van der Waals surface area (Å²) in [6, 6.07) is 7.77. The molecule has 0 saturated heterocycles. The molecule has 0 aliphatic carbocycles. The number of hydrogen-bond donors (Lipinski definition) is 0. The first-order valence-electron chi connectivity index (χ1n) is 5.21. The van der Waals surface area contributed by atoms with Crippen LogP contribution in [0.4, 0.5) is 0 Å². The van der Waals surface area contributed by atoms with Crippen LogP contribution in [0.25, 0.3) is 6.08 Å². The van der Waals surface area contributed by atoms with Gasteiger partial charge in [0.05, 0.1) is 0 Å². The van der Waals surface area contributed by atoms with Crippen LogP contribution < -0.4 is 0 Å². The Bertz CT molecular complexity index is 534. The zero-order valence-electron chi connectivity index (χ0n) is 9.43. The van der Waals surface area contributed by atoms with Gasteiger partial charge in [0, 0.05) is 10.2 Å². The van der Waals surface area contributed by atoms with Gasteiger partial charge in [-0.05, 0) is 35.5 Å². The lowest BCUT2D eigenvalue weighted by Gasteiger charge is -1.94. The van der Waals surface area contributed by atoms with Crippen molar-refractivity contribution in [3.05, 3.63) is 52.7 Å². The lowest BCUT2D eigenvalue weighted by molar-refractivity contribution is -0.107. The number of aliphatic imine (C=N–C) groups is 1. The molecule has 0 radical (unpaired) electrons. The Hall–Kier alpha value is -0.780. The van der Waals surface area contributed by atoms with E-state index in [4.69, 9.17) is 0 Å². The van der Waals surface area contributed by atoms with E-state index in [1.165, 1.54) is 23.5 Å². The Labute approximate surface area is 123 Å². The van der Waals surface area contributed by atoms with Crippen LogP contribution in [-0.4, -0.2) is 15.2 Å². The van der Waals surface area contributed by atoms with Gasteiger partial charge in [-0.1, -0.05) is 45.9 Å². The van der Waals surface area contributed by atoms with E-state index in [9.17, 15) is 4.79 Å². The molecule has 1 aromatic rings. The molecule has 0 aromatic heterocycles. The third-order valence-electron chi connectivity index (χ3n) is 2.10. The van der Waals surface area contributed by atoms with Crippen molar-refractivity contribution in [2.45, 2.75) is 0 Å². The first-order chi connectivity index (χ1) is 8.69. The molecule has 0 atom stereocenters.